The molecule has 7 nitrogen and oxygen atoms in total. The fraction of sp³-hybridized carbons (Fsp3) is 0.391. The van der Waals surface area contributed by atoms with Crippen LogP contribution in [0, 0.1) is 0 Å². The summed E-state index contributed by atoms with van der Waals surface area (Å²) in [5.74, 6) is -1.16. The maximum Gasteiger partial charge on any atom is 0.319 e. The van der Waals surface area contributed by atoms with Crippen molar-refractivity contribution in [2.75, 3.05) is 25.4 Å². The van der Waals surface area contributed by atoms with E-state index in [1.165, 1.54) is 31.0 Å². The van der Waals surface area contributed by atoms with Crippen LogP contribution in [0.1, 0.15) is 32.1 Å². The minimum atomic E-state index is -3.80. The molecule has 3 N–H and O–H groups in total. The molecule has 0 aromatic rings. The molecular weight excluding hydrogens is 414 g/mol. The van der Waals surface area contributed by atoms with Gasteiger partial charge in [0.2, 0.25) is 0 Å². The number of amidine groups is 1. The zero-order valence-corrected chi connectivity index (χ0v) is 18.5. The summed E-state index contributed by atoms with van der Waals surface area (Å²) in [4.78, 5) is 14.6. The second kappa shape index (κ2) is 12.7. The van der Waals surface area contributed by atoms with Crippen molar-refractivity contribution in [1.82, 2.24) is 10.6 Å². The van der Waals surface area contributed by atoms with E-state index in [1.54, 1.807) is 12.2 Å². The molecule has 0 spiro atoms. The molecule has 8 heteroatoms. The van der Waals surface area contributed by atoms with E-state index in [0.29, 0.717) is 0 Å². The van der Waals surface area contributed by atoms with Gasteiger partial charge in [0, 0.05) is 31.8 Å². The molecule has 3 aliphatic rings. The van der Waals surface area contributed by atoms with Gasteiger partial charge in [-0.25, -0.2) is 8.42 Å². The summed E-state index contributed by atoms with van der Waals surface area (Å²) in [5, 5.41) is 15.2. The van der Waals surface area contributed by atoms with Gasteiger partial charge in [0.15, 0.2) is 15.6 Å². The Morgan fingerprint density at radius 2 is 2.03 bits per heavy atom. The maximum atomic E-state index is 11.4. The van der Waals surface area contributed by atoms with Crippen LogP contribution in [-0.4, -0.2) is 50.7 Å². The zero-order valence-electron chi connectivity index (χ0n) is 17.7. The van der Waals surface area contributed by atoms with Gasteiger partial charge in [-0.1, -0.05) is 49.1 Å². The molecule has 0 unspecified atom stereocenters. The summed E-state index contributed by atoms with van der Waals surface area (Å²) in [6.45, 7) is 6.57. The minimum absolute atomic E-state index is 0.197. The first-order valence-corrected chi connectivity index (χ1v) is 12.1. The molecular formula is C23H31N3O4S. The number of hydrogen-bond acceptors (Lipinski definition) is 6. The molecule has 0 atom stereocenters. The van der Waals surface area contributed by atoms with Gasteiger partial charge in [0.1, 0.15) is 5.84 Å². The third kappa shape index (κ3) is 9.65. The lowest BCUT2D eigenvalue weighted by Crippen LogP contribution is -2.32. The van der Waals surface area contributed by atoms with Gasteiger partial charge in [-0.15, -0.1) is 0 Å². The first-order valence-electron chi connectivity index (χ1n) is 10.4. The molecule has 1 aliphatic carbocycles. The molecule has 3 rings (SSSR count). The van der Waals surface area contributed by atoms with Gasteiger partial charge in [-0.2, -0.15) is 0 Å². The number of nitrogens with one attached hydrogen (secondary N) is 2. The van der Waals surface area contributed by atoms with Crippen LogP contribution in [0.5, 0.6) is 0 Å². The summed E-state index contributed by atoms with van der Waals surface area (Å²) in [5.41, 5.74) is 2.39. The van der Waals surface area contributed by atoms with Gasteiger partial charge in [-0.05, 0) is 37.3 Å². The van der Waals surface area contributed by atoms with Gasteiger partial charge >= 0.3 is 5.97 Å². The van der Waals surface area contributed by atoms with Crippen LogP contribution in [-0.2, 0) is 14.6 Å². The molecule has 0 saturated carbocycles. The minimum Gasteiger partial charge on any atom is -0.480 e. The molecule has 0 aromatic carbocycles. The number of sulfone groups is 1. The van der Waals surface area contributed by atoms with Crippen molar-refractivity contribution in [3.8, 4) is 0 Å². The highest BCUT2D eigenvalue weighted by atomic mass is 32.2. The average Bonchev–Trinajstić information content (AvgIpc) is 2.75. The number of aliphatic carboxylic acids is 1. The monoisotopic (exact) mass is 445 g/mol. The van der Waals surface area contributed by atoms with E-state index in [-0.39, 0.29) is 4.91 Å². The highest BCUT2D eigenvalue weighted by molar-refractivity contribution is 7.96. The number of rotatable bonds is 7. The topological polar surface area (TPSA) is 108 Å². The van der Waals surface area contributed by atoms with E-state index < -0.39 is 21.6 Å². The highest BCUT2D eigenvalue weighted by Crippen LogP contribution is 2.12. The SMILES string of the molecule is C1=C(CC2=NCCCN2)NCCC1.C=C(/C=C\C=C1C=CC=CC1)S(=O)(=O)CC(=O)O. The van der Waals surface area contributed by atoms with E-state index in [9.17, 15) is 13.2 Å². The van der Waals surface area contributed by atoms with Crippen LogP contribution in [0.3, 0.4) is 0 Å². The number of carboxylic acids is 1. The molecule has 168 valence electrons. The van der Waals surface area contributed by atoms with E-state index in [1.807, 2.05) is 24.3 Å². The molecule has 0 aromatic heterocycles. The Hall–Kier alpha value is -2.87. The van der Waals surface area contributed by atoms with Crippen LogP contribution in [0.2, 0.25) is 0 Å². The fourth-order valence-corrected chi connectivity index (χ4v) is 3.80. The first-order chi connectivity index (χ1) is 14.9. The van der Waals surface area contributed by atoms with E-state index in [2.05, 4.69) is 28.3 Å². The zero-order chi connectivity index (χ0) is 22.5. The summed E-state index contributed by atoms with van der Waals surface area (Å²) < 4.78 is 22.9. The molecule has 0 bridgehead atoms. The lowest BCUT2D eigenvalue weighted by molar-refractivity contribution is -0.134. The molecule has 2 aliphatic heterocycles. The summed E-state index contributed by atoms with van der Waals surface area (Å²) >= 11 is 0. The Labute approximate surface area is 184 Å². The number of carbonyl (C=O) groups is 1. The summed E-state index contributed by atoms with van der Waals surface area (Å²) in [6.07, 6.45) is 20.1. The van der Waals surface area contributed by atoms with Crippen molar-refractivity contribution < 1.29 is 18.3 Å². The number of allylic oxidation sites excluding steroid dienone is 9. The van der Waals surface area contributed by atoms with Crippen LogP contribution < -0.4 is 10.6 Å². The van der Waals surface area contributed by atoms with E-state index in [4.69, 9.17) is 5.11 Å². The average molecular weight is 446 g/mol. The Morgan fingerprint density at radius 3 is 2.65 bits per heavy atom. The van der Waals surface area contributed by atoms with Crippen LogP contribution in [0.15, 0.2) is 76.4 Å². The third-order valence-corrected chi connectivity index (χ3v) is 6.23. The van der Waals surface area contributed by atoms with Gasteiger partial charge in [-0.3, -0.25) is 9.79 Å². The van der Waals surface area contributed by atoms with Gasteiger partial charge < -0.3 is 15.7 Å². The largest absolute Gasteiger partial charge is 0.480 e. The van der Waals surface area contributed by atoms with Crippen molar-refractivity contribution in [2.24, 2.45) is 4.99 Å². The number of aliphatic imine (C=N–C) groups is 1. The van der Waals surface area contributed by atoms with Gasteiger partial charge in [0.05, 0.1) is 4.91 Å². The summed E-state index contributed by atoms with van der Waals surface area (Å²) in [7, 11) is -3.80. The molecule has 0 amide bonds. The van der Waals surface area contributed by atoms with Crippen molar-refractivity contribution in [3.05, 3.63) is 71.4 Å². The van der Waals surface area contributed by atoms with Crippen LogP contribution in [0.4, 0.5) is 0 Å². The molecule has 0 fully saturated rings. The third-order valence-electron chi connectivity index (χ3n) is 4.66. The van der Waals surface area contributed by atoms with Crippen molar-refractivity contribution in [1.29, 1.82) is 0 Å². The lowest BCUT2D eigenvalue weighted by Gasteiger charge is -2.19. The van der Waals surface area contributed by atoms with Crippen LogP contribution >= 0.6 is 0 Å². The second-order valence-electron chi connectivity index (χ2n) is 7.30. The Morgan fingerprint density at radius 1 is 1.23 bits per heavy atom. The second-order valence-corrected chi connectivity index (χ2v) is 9.34. The van der Waals surface area contributed by atoms with E-state index >= 15 is 0 Å². The van der Waals surface area contributed by atoms with Crippen molar-refractivity contribution in [2.45, 2.75) is 32.1 Å². The highest BCUT2D eigenvalue weighted by Gasteiger charge is 2.17. The fourth-order valence-electron chi connectivity index (χ4n) is 3.01. The lowest BCUT2D eigenvalue weighted by atomic mass is 10.1. The maximum absolute atomic E-state index is 11.4. The predicted octanol–water partition coefficient (Wildman–Crippen LogP) is 3.03. The van der Waals surface area contributed by atoms with Crippen LogP contribution in [0.25, 0.3) is 0 Å². The normalized spacial score (nSPS) is 19.5. The Bertz CT molecular complexity index is 914. The molecule has 0 radical (unpaired) electrons. The number of carboxylic acid groups (broad SMARTS) is 1. The quantitative estimate of drug-likeness (QED) is 0.520. The predicted molar refractivity (Wildman–Crippen MR) is 126 cm³/mol. The smallest absolute Gasteiger partial charge is 0.319 e. The number of nitrogens with zero attached hydrogens (tertiary/aromatic N) is 1. The first kappa shape index (κ1) is 24.4. The molecule has 2 heterocycles. The standard InChI is InChI=1S/C13H14O4S.C10H17N3/c1-11(18(16,17)10-13(14)15)6-5-9-12-7-3-2-4-8-12;1-2-5-11-9(4-1)8-10-12-6-3-7-13-10/h2-7,9H,1,8,10H2,(H,14,15);4,11H,1-3,5-8H2,(H,12,13)/b6-5-,12-9?;. The van der Waals surface area contributed by atoms with Crippen molar-refractivity contribution >= 4 is 21.6 Å². The Balaban J connectivity index is 0.000000231. The molecule has 31 heavy (non-hydrogen) atoms. The number of hydrogen-bond donors (Lipinski definition) is 3. The van der Waals surface area contributed by atoms with Crippen molar-refractivity contribution in [3.63, 3.8) is 0 Å². The van der Waals surface area contributed by atoms with Gasteiger partial charge in [0.25, 0.3) is 0 Å². The summed E-state index contributed by atoms with van der Waals surface area (Å²) in [6, 6.07) is 0. The van der Waals surface area contributed by atoms with E-state index in [0.717, 1.165) is 43.9 Å². The molecule has 0 saturated heterocycles. The Kier molecular flexibility index (Phi) is 10.0.